The van der Waals surface area contributed by atoms with Crippen LogP contribution in [0.25, 0.3) is 0 Å². The number of benzene rings is 1. The summed E-state index contributed by atoms with van der Waals surface area (Å²) in [5.41, 5.74) is 7.61. The highest BCUT2D eigenvalue weighted by atomic mass is 16.6. The molecule has 0 aromatic heterocycles. The number of hydrogen-bond donors (Lipinski definition) is 1. The predicted molar refractivity (Wildman–Crippen MR) is 66.0 cm³/mol. The van der Waals surface area contributed by atoms with Crippen LogP contribution in [-0.4, -0.2) is 18.0 Å². The third kappa shape index (κ3) is 1.71. The van der Waals surface area contributed by atoms with Crippen LogP contribution in [0.15, 0.2) is 18.2 Å². The second-order valence-electron chi connectivity index (χ2n) is 5.18. The van der Waals surface area contributed by atoms with Gasteiger partial charge in [0.05, 0.1) is 4.92 Å². The van der Waals surface area contributed by atoms with E-state index < -0.39 is 0 Å². The number of nitrogen functional groups attached to an aromatic ring is 1. The zero-order valence-corrected chi connectivity index (χ0v) is 9.56. The highest BCUT2D eigenvalue weighted by molar-refractivity contribution is 5.69. The molecule has 1 aromatic rings. The fourth-order valence-electron chi connectivity index (χ4n) is 2.67. The van der Waals surface area contributed by atoms with E-state index in [4.69, 9.17) is 5.73 Å². The molecule has 0 unspecified atom stereocenters. The molecule has 2 N–H and O–H groups in total. The molecule has 2 aliphatic rings. The van der Waals surface area contributed by atoms with Gasteiger partial charge in [-0.15, -0.1) is 0 Å². The first kappa shape index (κ1) is 10.4. The van der Waals surface area contributed by atoms with Crippen molar-refractivity contribution in [3.8, 4) is 0 Å². The van der Waals surface area contributed by atoms with E-state index in [2.05, 4.69) is 4.90 Å². The summed E-state index contributed by atoms with van der Waals surface area (Å²) in [6, 6.07) is 4.81. The minimum absolute atomic E-state index is 0.164. The van der Waals surface area contributed by atoms with Crippen molar-refractivity contribution in [2.24, 2.45) is 5.41 Å². The van der Waals surface area contributed by atoms with Crippen LogP contribution >= 0.6 is 0 Å². The lowest BCUT2D eigenvalue weighted by Crippen LogP contribution is -2.21. The fourth-order valence-corrected chi connectivity index (χ4v) is 2.67. The van der Waals surface area contributed by atoms with E-state index >= 15 is 0 Å². The highest BCUT2D eigenvalue weighted by Gasteiger charge is 2.48. The maximum Gasteiger partial charge on any atom is 0.292 e. The van der Waals surface area contributed by atoms with E-state index in [1.54, 1.807) is 12.1 Å². The molecule has 0 atom stereocenters. The Balaban J connectivity index is 1.95. The van der Waals surface area contributed by atoms with Crippen LogP contribution < -0.4 is 10.6 Å². The van der Waals surface area contributed by atoms with Crippen molar-refractivity contribution in [3.05, 3.63) is 28.3 Å². The quantitative estimate of drug-likeness (QED) is 0.482. The molecular formula is C12H15N3O2. The third-order valence-electron chi connectivity index (χ3n) is 3.93. The SMILES string of the molecule is Nc1ccc([N+](=O)[O-])c(N2CCC3(CC3)C2)c1. The van der Waals surface area contributed by atoms with Crippen molar-refractivity contribution in [1.82, 2.24) is 0 Å². The van der Waals surface area contributed by atoms with Gasteiger partial charge in [-0.05, 0) is 36.8 Å². The third-order valence-corrected chi connectivity index (χ3v) is 3.93. The molecule has 17 heavy (non-hydrogen) atoms. The van der Waals surface area contributed by atoms with E-state index in [0.29, 0.717) is 16.8 Å². The highest BCUT2D eigenvalue weighted by Crippen LogP contribution is 2.54. The molecule has 1 saturated carbocycles. The number of nitrogens with two attached hydrogens (primary N) is 1. The molecule has 0 bridgehead atoms. The van der Waals surface area contributed by atoms with Crippen LogP contribution in [0.2, 0.25) is 0 Å². The topological polar surface area (TPSA) is 72.4 Å². The van der Waals surface area contributed by atoms with Crippen LogP contribution in [0, 0.1) is 15.5 Å². The Morgan fingerprint density at radius 1 is 1.35 bits per heavy atom. The first-order valence-electron chi connectivity index (χ1n) is 5.89. The Hall–Kier alpha value is -1.78. The molecule has 1 spiro atoms. The van der Waals surface area contributed by atoms with Gasteiger partial charge in [0.25, 0.3) is 5.69 Å². The van der Waals surface area contributed by atoms with Crippen LogP contribution in [0.5, 0.6) is 0 Å². The molecule has 2 fully saturated rings. The van der Waals surface area contributed by atoms with Crippen molar-refractivity contribution < 1.29 is 4.92 Å². The number of nitro benzene ring substituents is 1. The molecular weight excluding hydrogens is 218 g/mol. The second-order valence-corrected chi connectivity index (χ2v) is 5.18. The smallest absolute Gasteiger partial charge is 0.292 e. The summed E-state index contributed by atoms with van der Waals surface area (Å²) < 4.78 is 0. The Morgan fingerprint density at radius 3 is 2.71 bits per heavy atom. The van der Waals surface area contributed by atoms with Crippen molar-refractivity contribution in [3.63, 3.8) is 0 Å². The summed E-state index contributed by atoms with van der Waals surface area (Å²) in [6.07, 6.45) is 3.68. The number of hydrogen-bond acceptors (Lipinski definition) is 4. The van der Waals surface area contributed by atoms with E-state index in [1.165, 1.54) is 18.9 Å². The van der Waals surface area contributed by atoms with Crippen molar-refractivity contribution >= 4 is 17.1 Å². The monoisotopic (exact) mass is 233 g/mol. The normalized spacial score (nSPS) is 20.8. The van der Waals surface area contributed by atoms with Gasteiger partial charge in [-0.2, -0.15) is 0 Å². The maximum absolute atomic E-state index is 11.0. The Bertz CT molecular complexity index is 483. The molecule has 1 saturated heterocycles. The van der Waals surface area contributed by atoms with Gasteiger partial charge < -0.3 is 10.6 Å². The minimum Gasteiger partial charge on any atom is -0.399 e. The van der Waals surface area contributed by atoms with Crippen molar-refractivity contribution in [2.45, 2.75) is 19.3 Å². The van der Waals surface area contributed by atoms with Crippen molar-refractivity contribution in [2.75, 3.05) is 23.7 Å². The van der Waals surface area contributed by atoms with Gasteiger partial charge in [-0.3, -0.25) is 10.1 Å². The Morgan fingerprint density at radius 2 is 2.12 bits per heavy atom. The lowest BCUT2D eigenvalue weighted by Gasteiger charge is -2.18. The van der Waals surface area contributed by atoms with E-state index in [-0.39, 0.29) is 10.6 Å². The average molecular weight is 233 g/mol. The lowest BCUT2D eigenvalue weighted by atomic mass is 10.1. The molecule has 1 aliphatic heterocycles. The van der Waals surface area contributed by atoms with Crippen molar-refractivity contribution in [1.29, 1.82) is 0 Å². The standard InChI is InChI=1S/C12H15N3O2/c13-9-1-2-10(15(16)17)11(7-9)14-6-5-12(8-14)3-4-12/h1-2,7H,3-6,8,13H2. The number of nitro groups is 1. The van der Waals surface area contributed by atoms with Gasteiger partial charge in [-0.25, -0.2) is 0 Å². The number of nitrogens with zero attached hydrogens (tertiary/aromatic N) is 2. The molecule has 5 heteroatoms. The summed E-state index contributed by atoms with van der Waals surface area (Å²) in [4.78, 5) is 12.8. The van der Waals surface area contributed by atoms with Gasteiger partial charge in [0.1, 0.15) is 5.69 Å². The van der Waals surface area contributed by atoms with Gasteiger partial charge >= 0.3 is 0 Å². The molecule has 3 rings (SSSR count). The largest absolute Gasteiger partial charge is 0.399 e. The number of rotatable bonds is 2. The zero-order chi connectivity index (χ0) is 12.0. The predicted octanol–water partition coefficient (Wildman–Crippen LogP) is 2.17. The van der Waals surface area contributed by atoms with E-state index in [1.807, 2.05) is 0 Å². The number of anilines is 2. The minimum atomic E-state index is -0.327. The van der Waals surface area contributed by atoms with Gasteiger partial charge in [0.15, 0.2) is 0 Å². The summed E-state index contributed by atoms with van der Waals surface area (Å²) in [6.45, 7) is 1.85. The summed E-state index contributed by atoms with van der Waals surface area (Å²) >= 11 is 0. The molecule has 1 aromatic carbocycles. The fraction of sp³-hybridized carbons (Fsp3) is 0.500. The molecule has 0 amide bonds. The lowest BCUT2D eigenvalue weighted by molar-refractivity contribution is -0.384. The maximum atomic E-state index is 11.0. The van der Waals surface area contributed by atoms with E-state index in [0.717, 1.165) is 19.5 Å². The van der Waals surface area contributed by atoms with Crippen LogP contribution in [-0.2, 0) is 0 Å². The van der Waals surface area contributed by atoms with Gasteiger partial charge in [0.2, 0.25) is 0 Å². The van der Waals surface area contributed by atoms with Gasteiger partial charge in [0, 0.05) is 24.8 Å². The average Bonchev–Trinajstić information content (AvgIpc) is 2.88. The Labute approximate surface area is 99.4 Å². The summed E-state index contributed by atoms with van der Waals surface area (Å²) in [5, 5.41) is 11.0. The summed E-state index contributed by atoms with van der Waals surface area (Å²) in [5.74, 6) is 0. The zero-order valence-electron chi connectivity index (χ0n) is 9.56. The van der Waals surface area contributed by atoms with Gasteiger partial charge in [-0.1, -0.05) is 0 Å². The summed E-state index contributed by atoms with van der Waals surface area (Å²) in [7, 11) is 0. The first-order valence-corrected chi connectivity index (χ1v) is 5.89. The van der Waals surface area contributed by atoms with Crippen LogP contribution in [0.4, 0.5) is 17.1 Å². The second kappa shape index (κ2) is 3.35. The molecule has 90 valence electrons. The molecule has 5 nitrogen and oxygen atoms in total. The molecule has 1 aliphatic carbocycles. The molecule has 1 heterocycles. The van der Waals surface area contributed by atoms with Crippen LogP contribution in [0.3, 0.4) is 0 Å². The van der Waals surface area contributed by atoms with E-state index in [9.17, 15) is 10.1 Å². The first-order chi connectivity index (χ1) is 8.10. The Kier molecular flexibility index (Phi) is 2.05. The van der Waals surface area contributed by atoms with Crippen LogP contribution in [0.1, 0.15) is 19.3 Å². The molecule has 0 radical (unpaired) electrons.